The molecule has 0 aliphatic carbocycles. The highest BCUT2D eigenvalue weighted by molar-refractivity contribution is 5.92. The Hall–Kier alpha value is -1.60. The lowest BCUT2D eigenvalue weighted by Gasteiger charge is -2.05. The maximum absolute atomic E-state index is 5.73. The first-order valence-corrected chi connectivity index (χ1v) is 5.60. The Kier molecular flexibility index (Phi) is 3.07. The maximum atomic E-state index is 5.73. The molecule has 0 radical (unpaired) electrons. The van der Waals surface area contributed by atoms with Crippen LogP contribution >= 0.6 is 0 Å². The Morgan fingerprint density at radius 3 is 2.44 bits per heavy atom. The highest BCUT2D eigenvalue weighted by Gasteiger charge is 2.00. The van der Waals surface area contributed by atoms with Gasteiger partial charge in [0.05, 0.1) is 0 Å². The van der Waals surface area contributed by atoms with Gasteiger partial charge in [0, 0.05) is 6.04 Å². The van der Waals surface area contributed by atoms with Crippen molar-refractivity contribution in [3.8, 4) is 0 Å². The molecule has 0 saturated carbocycles. The second kappa shape index (κ2) is 4.50. The van der Waals surface area contributed by atoms with Gasteiger partial charge in [0.1, 0.15) is 0 Å². The van der Waals surface area contributed by atoms with Gasteiger partial charge < -0.3 is 5.73 Å². The Labute approximate surface area is 96.6 Å². The molecule has 82 valence electrons. The van der Waals surface area contributed by atoms with Gasteiger partial charge in [0.25, 0.3) is 0 Å². The molecule has 0 aliphatic rings. The minimum absolute atomic E-state index is 0.0973. The number of hydrogen-bond donors (Lipinski definition) is 1. The summed E-state index contributed by atoms with van der Waals surface area (Å²) in [6.07, 6.45) is 4.13. The van der Waals surface area contributed by atoms with Crippen molar-refractivity contribution < 1.29 is 0 Å². The van der Waals surface area contributed by atoms with Crippen LogP contribution in [0.1, 0.15) is 18.1 Å². The minimum atomic E-state index is 0.0973. The third-order valence-corrected chi connectivity index (χ3v) is 2.76. The van der Waals surface area contributed by atoms with Crippen LogP contribution in [0.3, 0.4) is 0 Å². The molecule has 0 fully saturated rings. The van der Waals surface area contributed by atoms with Gasteiger partial charge in [0.15, 0.2) is 0 Å². The zero-order valence-electron chi connectivity index (χ0n) is 9.77. The summed E-state index contributed by atoms with van der Waals surface area (Å²) in [4.78, 5) is 0. The van der Waals surface area contributed by atoms with Crippen molar-refractivity contribution in [2.75, 3.05) is 0 Å². The highest BCUT2D eigenvalue weighted by atomic mass is 14.6. The molecular formula is C15H17N. The maximum Gasteiger partial charge on any atom is 0.0198 e. The van der Waals surface area contributed by atoms with Crippen LogP contribution in [-0.4, -0.2) is 6.04 Å². The fourth-order valence-electron chi connectivity index (χ4n) is 1.87. The average Bonchev–Trinajstić information content (AvgIpc) is 2.28. The number of aryl methyl sites for hydroxylation is 1. The zero-order chi connectivity index (χ0) is 11.5. The summed E-state index contributed by atoms with van der Waals surface area (Å²) in [6.45, 7) is 4.12. The quantitative estimate of drug-likeness (QED) is 0.808. The summed E-state index contributed by atoms with van der Waals surface area (Å²) in [5, 5.41) is 2.61. The van der Waals surface area contributed by atoms with Crippen molar-refractivity contribution in [2.45, 2.75) is 19.9 Å². The minimum Gasteiger partial charge on any atom is -0.325 e. The first-order chi connectivity index (χ1) is 7.68. The molecule has 0 aromatic heterocycles. The van der Waals surface area contributed by atoms with E-state index in [0.717, 1.165) is 0 Å². The first-order valence-electron chi connectivity index (χ1n) is 5.60. The summed E-state index contributed by atoms with van der Waals surface area (Å²) in [5.74, 6) is 0. The van der Waals surface area contributed by atoms with Gasteiger partial charge in [-0.2, -0.15) is 0 Å². The molecule has 0 amide bonds. The molecule has 2 N–H and O–H groups in total. The molecule has 0 heterocycles. The average molecular weight is 211 g/mol. The van der Waals surface area contributed by atoms with Crippen molar-refractivity contribution >= 4 is 16.8 Å². The lowest BCUT2D eigenvalue weighted by molar-refractivity contribution is 0.931. The van der Waals surface area contributed by atoms with Gasteiger partial charge in [-0.25, -0.2) is 0 Å². The topological polar surface area (TPSA) is 26.0 Å². The largest absolute Gasteiger partial charge is 0.325 e. The van der Waals surface area contributed by atoms with Gasteiger partial charge in [-0.3, -0.25) is 0 Å². The van der Waals surface area contributed by atoms with Crippen LogP contribution in [0.2, 0.25) is 0 Å². The van der Waals surface area contributed by atoms with E-state index in [4.69, 9.17) is 5.73 Å². The number of benzene rings is 2. The van der Waals surface area contributed by atoms with Gasteiger partial charge in [-0.05, 0) is 35.7 Å². The third-order valence-electron chi connectivity index (χ3n) is 2.76. The molecule has 1 unspecified atom stereocenters. The zero-order valence-corrected chi connectivity index (χ0v) is 9.77. The van der Waals surface area contributed by atoms with Gasteiger partial charge >= 0.3 is 0 Å². The second-order valence-electron chi connectivity index (χ2n) is 4.24. The van der Waals surface area contributed by atoms with E-state index in [2.05, 4.69) is 49.4 Å². The van der Waals surface area contributed by atoms with Crippen molar-refractivity contribution in [1.29, 1.82) is 0 Å². The fraction of sp³-hybridized carbons (Fsp3) is 0.200. The molecule has 2 aromatic rings. The third kappa shape index (κ3) is 2.15. The van der Waals surface area contributed by atoms with E-state index in [0.29, 0.717) is 0 Å². The first kappa shape index (κ1) is 10.9. The van der Waals surface area contributed by atoms with E-state index >= 15 is 0 Å². The van der Waals surface area contributed by atoms with Crippen LogP contribution in [0.15, 0.2) is 42.5 Å². The van der Waals surface area contributed by atoms with Crippen LogP contribution in [0, 0.1) is 6.92 Å². The lowest BCUT2D eigenvalue weighted by Crippen LogP contribution is -2.09. The molecule has 16 heavy (non-hydrogen) atoms. The number of nitrogens with two attached hydrogens (primary N) is 1. The highest BCUT2D eigenvalue weighted by Crippen LogP contribution is 2.23. The summed E-state index contributed by atoms with van der Waals surface area (Å²) in [6, 6.07) is 12.9. The Morgan fingerprint density at radius 2 is 1.75 bits per heavy atom. The van der Waals surface area contributed by atoms with E-state index < -0.39 is 0 Å². The standard InChI is InChI=1S/C15H17N/c1-11-7-9-13(10-8-12(2)16)15-6-4-3-5-14(11)15/h3-10,12H,16H2,1-2H3/b10-8+. The predicted molar refractivity (Wildman–Crippen MR) is 71.4 cm³/mol. The fourth-order valence-corrected chi connectivity index (χ4v) is 1.87. The Morgan fingerprint density at radius 1 is 1.06 bits per heavy atom. The molecule has 2 rings (SSSR count). The monoisotopic (exact) mass is 211 g/mol. The van der Waals surface area contributed by atoms with Gasteiger partial charge in [-0.15, -0.1) is 0 Å². The molecule has 2 aromatic carbocycles. The molecule has 0 spiro atoms. The molecule has 1 heteroatoms. The number of rotatable bonds is 2. The van der Waals surface area contributed by atoms with Gasteiger partial charge in [-0.1, -0.05) is 48.6 Å². The van der Waals surface area contributed by atoms with E-state index in [1.807, 2.05) is 13.0 Å². The van der Waals surface area contributed by atoms with Crippen molar-refractivity contribution in [2.24, 2.45) is 5.73 Å². The van der Waals surface area contributed by atoms with Crippen LogP contribution in [0.5, 0.6) is 0 Å². The second-order valence-corrected chi connectivity index (χ2v) is 4.24. The number of hydrogen-bond acceptors (Lipinski definition) is 1. The van der Waals surface area contributed by atoms with E-state index in [9.17, 15) is 0 Å². The lowest BCUT2D eigenvalue weighted by atomic mass is 10.00. The van der Waals surface area contributed by atoms with Gasteiger partial charge in [0.2, 0.25) is 0 Å². The Bertz CT molecular complexity index is 524. The summed E-state index contributed by atoms with van der Waals surface area (Å²) < 4.78 is 0. The molecule has 1 atom stereocenters. The molecule has 0 saturated heterocycles. The van der Waals surface area contributed by atoms with Crippen LogP contribution in [0.25, 0.3) is 16.8 Å². The predicted octanol–water partition coefficient (Wildman–Crippen LogP) is 3.51. The smallest absolute Gasteiger partial charge is 0.0198 e. The van der Waals surface area contributed by atoms with E-state index in [-0.39, 0.29) is 6.04 Å². The van der Waals surface area contributed by atoms with Crippen LogP contribution < -0.4 is 5.73 Å². The Balaban J connectivity index is 2.59. The normalized spacial score (nSPS) is 13.4. The number of fused-ring (bicyclic) bond motifs is 1. The van der Waals surface area contributed by atoms with Crippen molar-refractivity contribution in [1.82, 2.24) is 0 Å². The van der Waals surface area contributed by atoms with Crippen molar-refractivity contribution in [3.05, 3.63) is 53.6 Å². The van der Waals surface area contributed by atoms with Crippen LogP contribution in [-0.2, 0) is 0 Å². The van der Waals surface area contributed by atoms with E-state index in [1.54, 1.807) is 0 Å². The van der Waals surface area contributed by atoms with Crippen LogP contribution in [0.4, 0.5) is 0 Å². The molecule has 0 bridgehead atoms. The summed E-state index contributed by atoms with van der Waals surface area (Å²) in [7, 11) is 0. The molecule has 1 nitrogen and oxygen atoms in total. The summed E-state index contributed by atoms with van der Waals surface area (Å²) in [5.41, 5.74) is 8.28. The SMILES string of the molecule is Cc1ccc(/C=C/C(C)N)c2ccccc12. The molecular weight excluding hydrogens is 194 g/mol. The van der Waals surface area contributed by atoms with E-state index in [1.165, 1.54) is 21.9 Å². The molecule has 0 aliphatic heterocycles. The summed E-state index contributed by atoms with van der Waals surface area (Å²) >= 11 is 0. The van der Waals surface area contributed by atoms with Crippen molar-refractivity contribution in [3.63, 3.8) is 0 Å².